The minimum absolute atomic E-state index is 0.238. The van der Waals surface area contributed by atoms with Crippen molar-refractivity contribution < 1.29 is 9.84 Å². The normalized spacial score (nSPS) is 21.1. The number of likely N-dealkylation sites (tertiary alicyclic amines) is 1. The third kappa shape index (κ3) is 3.96. The van der Waals surface area contributed by atoms with E-state index in [1.165, 1.54) is 0 Å². The van der Waals surface area contributed by atoms with Crippen LogP contribution in [0.3, 0.4) is 0 Å². The largest absolute Gasteiger partial charge is 0.491 e. The summed E-state index contributed by atoms with van der Waals surface area (Å²) in [5, 5.41) is 18.7. The van der Waals surface area contributed by atoms with Crippen LogP contribution in [0.4, 0.5) is 0 Å². The molecule has 0 amide bonds. The molecule has 2 rings (SSSR count). The number of para-hydroxylation sites is 1. The second kappa shape index (κ2) is 7.28. The van der Waals surface area contributed by atoms with Gasteiger partial charge < -0.3 is 9.84 Å². The van der Waals surface area contributed by atoms with E-state index in [-0.39, 0.29) is 6.10 Å². The van der Waals surface area contributed by atoms with Crippen molar-refractivity contribution in [2.24, 2.45) is 5.92 Å². The van der Waals surface area contributed by atoms with Crippen LogP contribution in [0.5, 0.6) is 5.75 Å². The fraction of sp³-hybridized carbons (Fsp3) is 0.562. The Morgan fingerprint density at radius 3 is 3.05 bits per heavy atom. The van der Waals surface area contributed by atoms with Crippen LogP contribution in [-0.4, -0.2) is 42.4 Å². The Kier molecular flexibility index (Phi) is 5.40. The zero-order chi connectivity index (χ0) is 14.4. The first kappa shape index (κ1) is 14.8. The minimum Gasteiger partial charge on any atom is -0.491 e. The van der Waals surface area contributed by atoms with Gasteiger partial charge in [0.15, 0.2) is 0 Å². The zero-order valence-corrected chi connectivity index (χ0v) is 12.0. The van der Waals surface area contributed by atoms with Crippen LogP contribution in [0.15, 0.2) is 24.3 Å². The van der Waals surface area contributed by atoms with E-state index in [9.17, 15) is 5.11 Å². The zero-order valence-electron chi connectivity index (χ0n) is 12.0. The first-order valence-corrected chi connectivity index (χ1v) is 7.23. The molecular formula is C16H22N2O2. The molecule has 0 aromatic heterocycles. The molecule has 0 radical (unpaired) electrons. The van der Waals surface area contributed by atoms with Crippen LogP contribution >= 0.6 is 0 Å². The lowest BCUT2D eigenvalue weighted by Gasteiger charge is -2.33. The Balaban J connectivity index is 1.80. The number of aliphatic hydroxyl groups excluding tert-OH is 1. The fourth-order valence-electron chi connectivity index (χ4n) is 2.66. The first-order valence-electron chi connectivity index (χ1n) is 7.23. The number of nitrogens with zero attached hydrogens (tertiary/aromatic N) is 2. The van der Waals surface area contributed by atoms with Crippen LogP contribution in [0.2, 0.25) is 0 Å². The van der Waals surface area contributed by atoms with Gasteiger partial charge in [0.2, 0.25) is 0 Å². The van der Waals surface area contributed by atoms with Gasteiger partial charge in [0.05, 0.1) is 11.7 Å². The van der Waals surface area contributed by atoms with Crippen LogP contribution in [0.25, 0.3) is 0 Å². The molecule has 0 aliphatic carbocycles. The summed E-state index contributed by atoms with van der Waals surface area (Å²) < 4.78 is 5.70. The summed E-state index contributed by atoms with van der Waals surface area (Å²) in [7, 11) is 0. The van der Waals surface area contributed by atoms with E-state index < -0.39 is 0 Å². The standard InChI is InChI=1S/C16H22N2O2/c1-13(19)15-6-4-8-18(12-15)9-10-20-16-7-3-2-5-14(16)11-17/h2-3,5,7,13,15,19H,4,6,8-10,12H2,1H3. The molecule has 4 heteroatoms. The molecule has 0 bridgehead atoms. The number of aliphatic hydroxyl groups is 1. The second-order valence-electron chi connectivity index (χ2n) is 5.40. The Labute approximate surface area is 120 Å². The smallest absolute Gasteiger partial charge is 0.137 e. The Morgan fingerprint density at radius 2 is 2.30 bits per heavy atom. The molecule has 0 saturated carbocycles. The average molecular weight is 274 g/mol. The molecule has 4 nitrogen and oxygen atoms in total. The predicted molar refractivity (Wildman–Crippen MR) is 77.5 cm³/mol. The van der Waals surface area contributed by atoms with Gasteiger partial charge in [0.25, 0.3) is 0 Å². The summed E-state index contributed by atoms with van der Waals surface area (Å²) in [6.45, 7) is 5.27. The van der Waals surface area contributed by atoms with E-state index in [1.54, 1.807) is 6.07 Å². The van der Waals surface area contributed by atoms with Gasteiger partial charge >= 0.3 is 0 Å². The molecule has 2 atom stereocenters. The highest BCUT2D eigenvalue weighted by atomic mass is 16.5. The number of ether oxygens (including phenoxy) is 1. The van der Waals surface area contributed by atoms with Crippen LogP contribution in [0, 0.1) is 17.2 Å². The summed E-state index contributed by atoms with van der Waals surface area (Å²) in [6, 6.07) is 9.44. The predicted octanol–water partition coefficient (Wildman–Crippen LogP) is 2.03. The number of rotatable bonds is 5. The minimum atomic E-state index is -0.238. The molecule has 1 aliphatic rings. The molecule has 20 heavy (non-hydrogen) atoms. The summed E-state index contributed by atoms with van der Waals surface area (Å²) >= 11 is 0. The van der Waals surface area contributed by atoms with Crippen molar-refractivity contribution in [3.8, 4) is 11.8 Å². The highest BCUT2D eigenvalue weighted by Crippen LogP contribution is 2.20. The molecule has 1 aromatic rings. The van der Waals surface area contributed by atoms with Gasteiger partial charge in [0, 0.05) is 13.1 Å². The number of hydrogen-bond acceptors (Lipinski definition) is 4. The summed E-state index contributed by atoms with van der Waals surface area (Å²) in [5.74, 6) is 1.02. The third-order valence-electron chi connectivity index (χ3n) is 3.90. The molecule has 1 heterocycles. The van der Waals surface area contributed by atoms with Gasteiger partial charge in [-0.1, -0.05) is 12.1 Å². The van der Waals surface area contributed by atoms with Gasteiger partial charge in [-0.2, -0.15) is 5.26 Å². The highest BCUT2D eigenvalue weighted by molar-refractivity contribution is 5.42. The van der Waals surface area contributed by atoms with E-state index in [2.05, 4.69) is 11.0 Å². The SMILES string of the molecule is CC(O)C1CCCN(CCOc2ccccc2C#N)C1. The number of hydrogen-bond donors (Lipinski definition) is 1. The van der Waals surface area contributed by atoms with Crippen molar-refractivity contribution in [1.29, 1.82) is 5.26 Å². The van der Waals surface area contributed by atoms with Gasteiger partial charge in [-0.3, -0.25) is 4.90 Å². The lowest BCUT2D eigenvalue weighted by molar-refractivity contribution is 0.0573. The Hall–Kier alpha value is -1.57. The van der Waals surface area contributed by atoms with E-state index >= 15 is 0 Å². The van der Waals surface area contributed by atoms with Crippen LogP contribution in [0.1, 0.15) is 25.3 Å². The molecule has 1 saturated heterocycles. The lowest BCUT2D eigenvalue weighted by atomic mass is 9.93. The van der Waals surface area contributed by atoms with Crippen molar-refractivity contribution in [2.45, 2.75) is 25.9 Å². The van der Waals surface area contributed by atoms with Crippen molar-refractivity contribution in [2.75, 3.05) is 26.2 Å². The molecule has 1 N–H and O–H groups in total. The number of nitriles is 1. The molecule has 108 valence electrons. The van der Waals surface area contributed by atoms with E-state index in [0.29, 0.717) is 23.8 Å². The number of piperidine rings is 1. The molecule has 1 fully saturated rings. The second-order valence-corrected chi connectivity index (χ2v) is 5.40. The monoisotopic (exact) mass is 274 g/mol. The van der Waals surface area contributed by atoms with Gasteiger partial charge in [-0.25, -0.2) is 0 Å². The van der Waals surface area contributed by atoms with Crippen molar-refractivity contribution >= 4 is 0 Å². The van der Waals surface area contributed by atoms with Gasteiger partial charge in [-0.15, -0.1) is 0 Å². The lowest BCUT2D eigenvalue weighted by Crippen LogP contribution is -2.41. The Morgan fingerprint density at radius 1 is 1.50 bits per heavy atom. The molecule has 2 unspecified atom stereocenters. The topological polar surface area (TPSA) is 56.5 Å². The average Bonchev–Trinajstić information content (AvgIpc) is 2.48. The maximum absolute atomic E-state index is 9.67. The quantitative estimate of drug-likeness (QED) is 0.892. The van der Waals surface area contributed by atoms with Crippen molar-refractivity contribution in [1.82, 2.24) is 4.90 Å². The highest BCUT2D eigenvalue weighted by Gasteiger charge is 2.23. The van der Waals surface area contributed by atoms with E-state index in [0.717, 1.165) is 32.5 Å². The third-order valence-corrected chi connectivity index (χ3v) is 3.90. The molecule has 1 aliphatic heterocycles. The van der Waals surface area contributed by atoms with Gasteiger partial charge in [-0.05, 0) is 44.4 Å². The molecule has 1 aromatic carbocycles. The summed E-state index contributed by atoms with van der Waals surface area (Å²) in [6.07, 6.45) is 1.99. The number of benzene rings is 1. The first-order chi connectivity index (χ1) is 9.70. The fourth-order valence-corrected chi connectivity index (χ4v) is 2.66. The molecular weight excluding hydrogens is 252 g/mol. The van der Waals surface area contributed by atoms with Crippen LogP contribution in [-0.2, 0) is 0 Å². The van der Waals surface area contributed by atoms with E-state index in [1.807, 2.05) is 25.1 Å². The maximum Gasteiger partial charge on any atom is 0.137 e. The summed E-state index contributed by atoms with van der Waals surface area (Å²) in [5.41, 5.74) is 0.577. The van der Waals surface area contributed by atoms with Crippen molar-refractivity contribution in [3.63, 3.8) is 0 Å². The maximum atomic E-state index is 9.67. The van der Waals surface area contributed by atoms with Gasteiger partial charge in [0.1, 0.15) is 18.4 Å². The summed E-state index contributed by atoms with van der Waals surface area (Å²) in [4.78, 5) is 2.33. The molecule has 0 spiro atoms. The van der Waals surface area contributed by atoms with Crippen molar-refractivity contribution in [3.05, 3.63) is 29.8 Å². The van der Waals surface area contributed by atoms with E-state index in [4.69, 9.17) is 10.00 Å². The van der Waals surface area contributed by atoms with Crippen LogP contribution < -0.4 is 4.74 Å². The Bertz CT molecular complexity index is 468.